The van der Waals surface area contributed by atoms with Gasteiger partial charge in [0, 0.05) is 29.6 Å². The molecule has 0 saturated carbocycles. The number of halogens is 2. The molecule has 30 heavy (non-hydrogen) atoms. The molecule has 0 radical (unpaired) electrons. The van der Waals surface area contributed by atoms with Crippen molar-refractivity contribution < 1.29 is 0 Å². The largest absolute Gasteiger partial charge is 0.301 e. The Hall–Kier alpha value is -2.24. The average Bonchev–Trinajstić information content (AvgIpc) is 2.76. The summed E-state index contributed by atoms with van der Waals surface area (Å²) in [5.41, 5.74) is 8.55. The molecule has 4 aromatic rings. The van der Waals surface area contributed by atoms with Gasteiger partial charge in [0.2, 0.25) is 0 Å². The minimum Gasteiger partial charge on any atom is -0.301 e. The first-order valence-electron chi connectivity index (χ1n) is 9.23. The Morgan fingerprint density at radius 1 is 0.467 bits per heavy atom. The van der Waals surface area contributed by atoms with Crippen LogP contribution in [0.25, 0.3) is 0 Å². The smallest absolute Gasteiger partial charge is 0.0551 e. The normalized spacial score (nSPS) is 10.6. The summed E-state index contributed by atoms with van der Waals surface area (Å²) in [6.45, 7) is 0. The maximum Gasteiger partial charge on any atom is 0.0551 e. The minimum atomic E-state index is 0.746. The summed E-state index contributed by atoms with van der Waals surface area (Å²) in [5, 5.41) is 1.49. The molecular formula is C24H18Cl2N2S2. The maximum absolute atomic E-state index is 5.97. The van der Waals surface area contributed by atoms with Crippen LogP contribution in [0.3, 0.4) is 0 Å². The Bertz CT molecular complexity index is 1030. The second-order valence-electron chi connectivity index (χ2n) is 6.42. The number of rotatable bonds is 7. The Morgan fingerprint density at radius 3 is 1.27 bits per heavy atom. The van der Waals surface area contributed by atoms with Crippen LogP contribution in [0.4, 0.5) is 11.4 Å². The zero-order valence-electron chi connectivity index (χ0n) is 15.8. The molecule has 0 fully saturated rings. The van der Waals surface area contributed by atoms with Gasteiger partial charge in [-0.15, -0.1) is 0 Å². The standard InChI is InChI=1S/C24H18Cl2N2S2/c25-17-7-11-21(12-8-17)29-23-5-1-3-19(15-23)27-28-20-4-2-6-24(16-20)30-22-13-9-18(26)10-14-22/h1-16,27-28H. The molecule has 0 spiro atoms. The van der Waals surface area contributed by atoms with E-state index in [9.17, 15) is 0 Å². The third kappa shape index (κ3) is 6.13. The van der Waals surface area contributed by atoms with Crippen LogP contribution in [0.1, 0.15) is 0 Å². The first-order valence-corrected chi connectivity index (χ1v) is 11.6. The fourth-order valence-corrected chi connectivity index (χ4v) is 4.70. The van der Waals surface area contributed by atoms with Gasteiger partial charge in [-0.1, -0.05) is 58.9 Å². The van der Waals surface area contributed by atoms with Crippen molar-refractivity contribution >= 4 is 58.1 Å². The maximum atomic E-state index is 5.97. The van der Waals surface area contributed by atoms with Crippen LogP contribution < -0.4 is 10.9 Å². The highest BCUT2D eigenvalue weighted by molar-refractivity contribution is 7.99. The molecule has 150 valence electrons. The van der Waals surface area contributed by atoms with Gasteiger partial charge in [0.15, 0.2) is 0 Å². The van der Waals surface area contributed by atoms with E-state index in [0.717, 1.165) is 41.0 Å². The molecule has 0 bridgehead atoms. The lowest BCUT2D eigenvalue weighted by Crippen LogP contribution is -2.08. The van der Waals surface area contributed by atoms with Crippen molar-refractivity contribution in [2.24, 2.45) is 0 Å². The topological polar surface area (TPSA) is 24.1 Å². The summed E-state index contributed by atoms with van der Waals surface area (Å²) in [7, 11) is 0. The molecule has 4 aromatic carbocycles. The van der Waals surface area contributed by atoms with Crippen molar-refractivity contribution in [2.75, 3.05) is 10.9 Å². The lowest BCUT2D eigenvalue weighted by Gasteiger charge is -2.12. The van der Waals surface area contributed by atoms with E-state index >= 15 is 0 Å². The van der Waals surface area contributed by atoms with Gasteiger partial charge in [-0.3, -0.25) is 0 Å². The number of hydrazine groups is 1. The van der Waals surface area contributed by atoms with Gasteiger partial charge in [0.05, 0.1) is 11.4 Å². The highest BCUT2D eigenvalue weighted by atomic mass is 35.5. The summed E-state index contributed by atoms with van der Waals surface area (Å²) < 4.78 is 0. The van der Waals surface area contributed by atoms with Crippen LogP contribution in [0, 0.1) is 0 Å². The van der Waals surface area contributed by atoms with Crippen LogP contribution >= 0.6 is 46.7 Å². The first kappa shape index (κ1) is 21.0. The van der Waals surface area contributed by atoms with Crippen molar-refractivity contribution in [3.05, 3.63) is 107 Å². The number of anilines is 2. The van der Waals surface area contributed by atoms with Gasteiger partial charge in [-0.05, 0) is 84.9 Å². The van der Waals surface area contributed by atoms with Gasteiger partial charge in [-0.25, -0.2) is 0 Å². The van der Waals surface area contributed by atoms with Crippen molar-refractivity contribution in [2.45, 2.75) is 19.6 Å². The van der Waals surface area contributed by atoms with E-state index in [4.69, 9.17) is 23.2 Å². The molecule has 2 N–H and O–H groups in total. The first-order chi connectivity index (χ1) is 14.6. The Balaban J connectivity index is 1.38. The number of nitrogens with one attached hydrogen (secondary N) is 2. The number of benzene rings is 4. The lowest BCUT2D eigenvalue weighted by atomic mass is 10.3. The lowest BCUT2D eigenvalue weighted by molar-refractivity contribution is 1.34. The van der Waals surface area contributed by atoms with Gasteiger partial charge < -0.3 is 10.9 Å². The SMILES string of the molecule is Clc1ccc(Sc2cccc(NNc3cccc(Sc4ccc(Cl)cc4)c3)c2)cc1. The predicted octanol–water partition coefficient (Wildman–Crippen LogP) is 8.73. The van der Waals surface area contributed by atoms with E-state index in [2.05, 4.69) is 35.1 Å². The summed E-state index contributed by atoms with van der Waals surface area (Å²) in [6.07, 6.45) is 0. The molecule has 4 rings (SSSR count). The molecule has 0 aliphatic carbocycles. The monoisotopic (exact) mass is 468 g/mol. The summed E-state index contributed by atoms with van der Waals surface area (Å²) in [4.78, 5) is 4.60. The number of hydrogen-bond acceptors (Lipinski definition) is 4. The van der Waals surface area contributed by atoms with E-state index in [-0.39, 0.29) is 0 Å². The van der Waals surface area contributed by atoms with E-state index < -0.39 is 0 Å². The molecule has 0 unspecified atom stereocenters. The van der Waals surface area contributed by atoms with Crippen LogP contribution in [-0.2, 0) is 0 Å². The van der Waals surface area contributed by atoms with E-state index in [1.165, 1.54) is 0 Å². The molecule has 0 amide bonds. The van der Waals surface area contributed by atoms with Crippen LogP contribution in [0.2, 0.25) is 10.0 Å². The van der Waals surface area contributed by atoms with Gasteiger partial charge in [0.1, 0.15) is 0 Å². The van der Waals surface area contributed by atoms with Crippen molar-refractivity contribution in [1.82, 2.24) is 0 Å². The van der Waals surface area contributed by atoms with Gasteiger partial charge >= 0.3 is 0 Å². The minimum absolute atomic E-state index is 0.746. The Kier molecular flexibility index (Phi) is 7.13. The van der Waals surface area contributed by atoms with Crippen LogP contribution in [0.15, 0.2) is 117 Å². The fraction of sp³-hybridized carbons (Fsp3) is 0. The van der Waals surface area contributed by atoms with Crippen molar-refractivity contribution in [1.29, 1.82) is 0 Å². The molecule has 0 aromatic heterocycles. The summed E-state index contributed by atoms with van der Waals surface area (Å²) in [6, 6.07) is 32.3. The number of hydrogen-bond donors (Lipinski definition) is 2. The average molecular weight is 469 g/mol. The van der Waals surface area contributed by atoms with E-state index in [1.807, 2.05) is 72.8 Å². The van der Waals surface area contributed by atoms with Crippen molar-refractivity contribution in [3.8, 4) is 0 Å². The molecule has 0 saturated heterocycles. The summed E-state index contributed by atoms with van der Waals surface area (Å²) in [5.74, 6) is 0. The van der Waals surface area contributed by atoms with Crippen LogP contribution in [0.5, 0.6) is 0 Å². The molecule has 0 aliphatic rings. The molecule has 0 aliphatic heterocycles. The van der Waals surface area contributed by atoms with Gasteiger partial charge in [-0.2, -0.15) is 0 Å². The zero-order chi connectivity index (χ0) is 20.8. The van der Waals surface area contributed by atoms with Crippen molar-refractivity contribution in [3.63, 3.8) is 0 Å². The molecule has 2 nitrogen and oxygen atoms in total. The highest BCUT2D eigenvalue weighted by Gasteiger charge is 2.02. The third-order valence-corrected chi connectivity index (χ3v) is 6.62. The van der Waals surface area contributed by atoms with E-state index in [0.29, 0.717) is 0 Å². The Morgan fingerprint density at radius 2 is 0.867 bits per heavy atom. The zero-order valence-corrected chi connectivity index (χ0v) is 19.0. The highest BCUT2D eigenvalue weighted by Crippen LogP contribution is 2.31. The van der Waals surface area contributed by atoms with Gasteiger partial charge in [0.25, 0.3) is 0 Å². The quantitative estimate of drug-likeness (QED) is 0.264. The second kappa shape index (κ2) is 10.2. The molecule has 0 atom stereocenters. The molecule has 6 heteroatoms. The third-order valence-electron chi connectivity index (χ3n) is 4.12. The molecular weight excluding hydrogens is 451 g/mol. The summed E-state index contributed by atoms with van der Waals surface area (Å²) >= 11 is 15.3. The fourth-order valence-electron chi connectivity index (χ4n) is 2.70. The van der Waals surface area contributed by atoms with E-state index in [1.54, 1.807) is 23.5 Å². The predicted molar refractivity (Wildman–Crippen MR) is 131 cm³/mol. The second-order valence-corrected chi connectivity index (χ2v) is 9.58. The van der Waals surface area contributed by atoms with Crippen LogP contribution in [-0.4, -0.2) is 0 Å². The molecule has 0 heterocycles. The Labute approximate surface area is 195 Å².